The lowest BCUT2D eigenvalue weighted by atomic mass is 9.92. The first-order valence-corrected chi connectivity index (χ1v) is 7.92. The van der Waals surface area contributed by atoms with E-state index in [2.05, 4.69) is 25.2 Å². The summed E-state index contributed by atoms with van der Waals surface area (Å²) in [5, 5.41) is 12.3. The minimum Gasteiger partial charge on any atom is -0.381 e. The van der Waals surface area contributed by atoms with Crippen LogP contribution in [0.4, 0.5) is 0 Å². The third kappa shape index (κ3) is 9.02. The topological polar surface area (TPSA) is 45.0 Å². The van der Waals surface area contributed by atoms with Gasteiger partial charge in [0, 0.05) is 13.2 Å². The van der Waals surface area contributed by atoms with Gasteiger partial charge >= 0.3 is 0 Å². The van der Waals surface area contributed by atoms with E-state index in [1.165, 1.54) is 38.5 Å². The molecule has 0 aromatic rings. The maximum atomic E-state index is 9.17. The molecule has 19 heavy (non-hydrogen) atoms. The predicted molar refractivity (Wildman–Crippen MR) is 81.1 cm³/mol. The highest BCUT2D eigenvalue weighted by atomic mass is 16.5. The van der Waals surface area contributed by atoms with Crippen molar-refractivity contribution in [2.75, 3.05) is 20.3 Å². The third-order valence-corrected chi connectivity index (χ3v) is 3.83. The highest BCUT2D eigenvalue weighted by Gasteiger charge is 2.24. The zero-order valence-electron chi connectivity index (χ0n) is 13.1. The van der Waals surface area contributed by atoms with Crippen molar-refractivity contribution in [3.63, 3.8) is 0 Å². The van der Waals surface area contributed by atoms with Gasteiger partial charge in [-0.2, -0.15) is 5.26 Å². The van der Waals surface area contributed by atoms with Crippen molar-refractivity contribution in [1.29, 1.82) is 5.26 Å². The standard InChI is InChI=1S/C16H32N2O/c1-4-6-7-8-9-10-13-19-14-11-12-16(5-2,15-17)18-3/h18H,4-14H2,1-3H3. The Hall–Kier alpha value is -0.590. The fraction of sp³-hybridized carbons (Fsp3) is 0.938. The van der Waals surface area contributed by atoms with Crippen molar-refractivity contribution in [3.8, 4) is 6.07 Å². The van der Waals surface area contributed by atoms with E-state index in [4.69, 9.17) is 10.00 Å². The van der Waals surface area contributed by atoms with Gasteiger partial charge in [-0.05, 0) is 32.7 Å². The number of nitrogens with zero attached hydrogens (tertiary/aromatic N) is 1. The van der Waals surface area contributed by atoms with E-state index >= 15 is 0 Å². The lowest BCUT2D eigenvalue weighted by Gasteiger charge is -2.24. The molecule has 1 N–H and O–H groups in total. The van der Waals surface area contributed by atoms with Crippen LogP contribution in [-0.4, -0.2) is 25.8 Å². The maximum absolute atomic E-state index is 9.17. The quantitative estimate of drug-likeness (QED) is 0.513. The Bertz CT molecular complexity index is 231. The summed E-state index contributed by atoms with van der Waals surface area (Å²) in [6, 6.07) is 2.38. The molecular weight excluding hydrogens is 236 g/mol. The second-order valence-corrected chi connectivity index (χ2v) is 5.28. The molecule has 0 bridgehead atoms. The van der Waals surface area contributed by atoms with E-state index in [1.807, 2.05) is 7.05 Å². The van der Waals surface area contributed by atoms with Gasteiger partial charge in [-0.1, -0.05) is 46.0 Å². The largest absolute Gasteiger partial charge is 0.381 e. The number of rotatable bonds is 13. The molecule has 1 unspecified atom stereocenters. The van der Waals surface area contributed by atoms with Gasteiger partial charge in [-0.15, -0.1) is 0 Å². The maximum Gasteiger partial charge on any atom is 0.106 e. The minimum absolute atomic E-state index is 0.358. The Morgan fingerprint density at radius 3 is 2.21 bits per heavy atom. The summed E-state index contributed by atoms with van der Waals surface area (Å²) < 4.78 is 5.63. The van der Waals surface area contributed by atoms with Crippen LogP contribution in [0.15, 0.2) is 0 Å². The summed E-state index contributed by atoms with van der Waals surface area (Å²) in [6.45, 7) is 5.94. The molecule has 0 radical (unpaired) electrons. The van der Waals surface area contributed by atoms with Crippen molar-refractivity contribution in [1.82, 2.24) is 5.32 Å². The van der Waals surface area contributed by atoms with Gasteiger partial charge in [0.2, 0.25) is 0 Å². The molecule has 0 aromatic carbocycles. The molecule has 0 saturated carbocycles. The van der Waals surface area contributed by atoms with E-state index in [0.29, 0.717) is 0 Å². The van der Waals surface area contributed by atoms with Crippen molar-refractivity contribution < 1.29 is 4.74 Å². The van der Waals surface area contributed by atoms with Gasteiger partial charge in [-0.25, -0.2) is 0 Å². The van der Waals surface area contributed by atoms with Crippen LogP contribution in [0.25, 0.3) is 0 Å². The van der Waals surface area contributed by atoms with Gasteiger partial charge in [-0.3, -0.25) is 0 Å². The molecule has 1 atom stereocenters. The van der Waals surface area contributed by atoms with Crippen LogP contribution in [0.5, 0.6) is 0 Å². The zero-order chi connectivity index (χ0) is 14.4. The number of nitriles is 1. The minimum atomic E-state index is -0.358. The fourth-order valence-electron chi connectivity index (χ4n) is 2.23. The van der Waals surface area contributed by atoms with E-state index in [9.17, 15) is 0 Å². The molecule has 3 heteroatoms. The summed E-state index contributed by atoms with van der Waals surface area (Å²) in [6.07, 6.45) is 10.5. The molecular formula is C16H32N2O. The molecule has 112 valence electrons. The average molecular weight is 268 g/mol. The molecule has 0 saturated heterocycles. The van der Waals surface area contributed by atoms with E-state index in [0.717, 1.165) is 32.5 Å². The number of nitrogens with one attached hydrogen (secondary N) is 1. The van der Waals surface area contributed by atoms with Crippen molar-refractivity contribution in [3.05, 3.63) is 0 Å². The number of unbranched alkanes of at least 4 members (excludes halogenated alkanes) is 5. The Balaban J connectivity index is 3.38. The summed E-state index contributed by atoms with van der Waals surface area (Å²) in [4.78, 5) is 0. The SMILES string of the molecule is CCCCCCCCOCCCC(C#N)(CC)NC. The Kier molecular flexibility index (Phi) is 12.1. The van der Waals surface area contributed by atoms with E-state index in [1.54, 1.807) is 0 Å². The smallest absolute Gasteiger partial charge is 0.106 e. The van der Waals surface area contributed by atoms with Gasteiger partial charge in [0.15, 0.2) is 0 Å². The first-order valence-electron chi connectivity index (χ1n) is 7.92. The second-order valence-electron chi connectivity index (χ2n) is 5.28. The summed E-state index contributed by atoms with van der Waals surface area (Å²) in [7, 11) is 1.86. The Labute approximate surface area is 119 Å². The molecule has 0 aliphatic heterocycles. The predicted octanol–water partition coefficient (Wildman–Crippen LogP) is 4.04. The van der Waals surface area contributed by atoms with Crippen molar-refractivity contribution >= 4 is 0 Å². The Morgan fingerprint density at radius 2 is 1.63 bits per heavy atom. The molecule has 3 nitrogen and oxygen atoms in total. The van der Waals surface area contributed by atoms with E-state index < -0.39 is 0 Å². The van der Waals surface area contributed by atoms with Crippen LogP contribution in [0.1, 0.15) is 71.6 Å². The van der Waals surface area contributed by atoms with Crippen LogP contribution in [0.3, 0.4) is 0 Å². The van der Waals surface area contributed by atoms with Crippen LogP contribution in [-0.2, 0) is 4.74 Å². The molecule has 0 rings (SSSR count). The number of hydrogen-bond acceptors (Lipinski definition) is 3. The normalized spacial score (nSPS) is 14.0. The van der Waals surface area contributed by atoms with Crippen molar-refractivity contribution in [2.45, 2.75) is 77.2 Å². The number of hydrogen-bond donors (Lipinski definition) is 1. The van der Waals surface area contributed by atoms with Gasteiger partial charge in [0.1, 0.15) is 5.54 Å². The summed E-state index contributed by atoms with van der Waals surface area (Å²) in [5.74, 6) is 0. The molecule has 0 aromatic heterocycles. The van der Waals surface area contributed by atoms with Crippen molar-refractivity contribution in [2.24, 2.45) is 0 Å². The molecule has 0 aliphatic carbocycles. The lowest BCUT2D eigenvalue weighted by molar-refractivity contribution is 0.121. The van der Waals surface area contributed by atoms with Crippen LogP contribution in [0, 0.1) is 11.3 Å². The van der Waals surface area contributed by atoms with Crippen LogP contribution >= 0.6 is 0 Å². The number of ether oxygens (including phenoxy) is 1. The molecule has 0 heterocycles. The summed E-state index contributed by atoms with van der Waals surface area (Å²) in [5.41, 5.74) is -0.358. The highest BCUT2D eigenvalue weighted by molar-refractivity contribution is 5.05. The summed E-state index contributed by atoms with van der Waals surface area (Å²) >= 11 is 0. The van der Waals surface area contributed by atoms with Gasteiger partial charge in [0.05, 0.1) is 6.07 Å². The third-order valence-electron chi connectivity index (χ3n) is 3.83. The van der Waals surface area contributed by atoms with Gasteiger partial charge in [0.25, 0.3) is 0 Å². The average Bonchev–Trinajstić information content (AvgIpc) is 2.46. The van der Waals surface area contributed by atoms with Gasteiger partial charge < -0.3 is 10.1 Å². The van der Waals surface area contributed by atoms with E-state index in [-0.39, 0.29) is 5.54 Å². The monoisotopic (exact) mass is 268 g/mol. The first-order chi connectivity index (χ1) is 9.24. The lowest BCUT2D eigenvalue weighted by Crippen LogP contribution is -2.40. The molecule has 0 spiro atoms. The first kappa shape index (κ1) is 18.4. The molecule has 0 amide bonds. The zero-order valence-corrected chi connectivity index (χ0v) is 13.1. The Morgan fingerprint density at radius 1 is 1.00 bits per heavy atom. The van der Waals surface area contributed by atoms with Crippen LogP contribution in [0.2, 0.25) is 0 Å². The van der Waals surface area contributed by atoms with Crippen LogP contribution < -0.4 is 5.32 Å². The molecule has 0 fully saturated rings. The molecule has 0 aliphatic rings. The fourth-order valence-corrected chi connectivity index (χ4v) is 2.23. The second kappa shape index (κ2) is 12.4. The highest BCUT2D eigenvalue weighted by Crippen LogP contribution is 2.15.